The maximum absolute atomic E-state index is 13.0. The number of carbonyl (C=O) groups excluding carboxylic acids is 1. The second-order valence-corrected chi connectivity index (χ2v) is 8.79. The molecule has 0 bridgehead atoms. The molecule has 1 aromatic heterocycles. The maximum atomic E-state index is 13.0. The first-order chi connectivity index (χ1) is 14.2. The van der Waals surface area contributed by atoms with Crippen molar-refractivity contribution in [2.75, 3.05) is 5.32 Å². The van der Waals surface area contributed by atoms with Crippen LogP contribution in [0.3, 0.4) is 0 Å². The van der Waals surface area contributed by atoms with Gasteiger partial charge in [0.05, 0.1) is 11.6 Å². The van der Waals surface area contributed by atoms with Crippen LogP contribution in [0.1, 0.15) is 62.0 Å². The number of nitrogens with one attached hydrogen (secondary N) is 1. The van der Waals surface area contributed by atoms with Gasteiger partial charge in [0.2, 0.25) is 0 Å². The molecule has 3 rings (SSSR count). The van der Waals surface area contributed by atoms with Crippen molar-refractivity contribution in [1.82, 2.24) is 9.78 Å². The van der Waals surface area contributed by atoms with Crippen LogP contribution in [0.25, 0.3) is 0 Å². The molecule has 1 amide bonds. The third-order valence-corrected chi connectivity index (χ3v) is 6.00. The Labute approximate surface area is 178 Å². The minimum atomic E-state index is -4.82. The second kappa shape index (κ2) is 7.83. The quantitative estimate of drug-likeness (QED) is 0.567. The number of aromatic nitrogens is 2. The molecule has 0 aliphatic heterocycles. The SMILES string of the molecule is C[C@H]1C[C@](C)(O)CC[C@@H]1n1cc(C(N)=O)c(Nc2ccc([C@](C)(O)C(F)(F)F)cc2)n1. The molecule has 4 atom stereocenters. The van der Waals surface area contributed by atoms with E-state index in [0.717, 1.165) is 12.1 Å². The minimum Gasteiger partial charge on any atom is -0.390 e. The Morgan fingerprint density at radius 2 is 1.94 bits per heavy atom. The number of amides is 1. The summed E-state index contributed by atoms with van der Waals surface area (Å²) in [5.74, 6) is -0.394. The Morgan fingerprint density at radius 1 is 1.32 bits per heavy atom. The summed E-state index contributed by atoms with van der Waals surface area (Å²) >= 11 is 0. The Bertz CT molecular complexity index is 952. The van der Waals surface area contributed by atoms with Crippen molar-refractivity contribution in [3.05, 3.63) is 41.6 Å². The molecular weight excluding hydrogens is 413 g/mol. The molecule has 1 fully saturated rings. The third-order valence-electron chi connectivity index (χ3n) is 6.00. The summed E-state index contributed by atoms with van der Waals surface area (Å²) < 4.78 is 40.7. The molecule has 1 aromatic carbocycles. The van der Waals surface area contributed by atoms with Crippen molar-refractivity contribution in [1.29, 1.82) is 0 Å². The number of halogens is 3. The van der Waals surface area contributed by atoms with E-state index in [0.29, 0.717) is 31.9 Å². The predicted molar refractivity (Wildman–Crippen MR) is 109 cm³/mol. The van der Waals surface area contributed by atoms with E-state index in [-0.39, 0.29) is 28.9 Å². The number of alkyl halides is 3. The van der Waals surface area contributed by atoms with Gasteiger partial charge >= 0.3 is 6.18 Å². The number of anilines is 2. The number of rotatable bonds is 5. The van der Waals surface area contributed by atoms with Gasteiger partial charge in [-0.1, -0.05) is 19.1 Å². The van der Waals surface area contributed by atoms with Crippen LogP contribution in [-0.4, -0.2) is 37.7 Å². The molecule has 170 valence electrons. The van der Waals surface area contributed by atoms with E-state index in [4.69, 9.17) is 5.73 Å². The fraction of sp³-hybridized carbons (Fsp3) is 0.524. The Kier molecular flexibility index (Phi) is 5.83. The molecule has 1 aliphatic rings. The van der Waals surface area contributed by atoms with Gasteiger partial charge in [-0.2, -0.15) is 18.3 Å². The van der Waals surface area contributed by atoms with Crippen molar-refractivity contribution in [2.45, 2.75) is 63.5 Å². The highest BCUT2D eigenvalue weighted by Gasteiger charge is 2.51. The summed E-state index contributed by atoms with van der Waals surface area (Å²) in [6.45, 7) is 4.48. The van der Waals surface area contributed by atoms with E-state index in [9.17, 15) is 28.2 Å². The standard InChI is InChI=1S/C21H27F3N4O3/c1-12-10-19(2,30)9-8-16(12)28-11-15(17(25)29)18(27-28)26-14-6-4-13(5-7-14)20(3,31)21(22,23)24/h4-7,11-12,16,30-31H,8-10H2,1-3H3,(H2,25,29)(H,26,27)/t12-,16-,19+,20-/m0/s1. The molecule has 1 heterocycles. The number of primary amides is 1. The average molecular weight is 440 g/mol. The lowest BCUT2D eigenvalue weighted by Gasteiger charge is -2.38. The number of hydrogen-bond donors (Lipinski definition) is 4. The summed E-state index contributed by atoms with van der Waals surface area (Å²) in [5.41, 5.74) is 1.99. The molecule has 7 nitrogen and oxygen atoms in total. The highest BCUT2D eigenvalue weighted by Crippen LogP contribution is 2.40. The topological polar surface area (TPSA) is 113 Å². The molecule has 1 aliphatic carbocycles. The van der Waals surface area contributed by atoms with Gasteiger partial charge in [-0.15, -0.1) is 0 Å². The van der Waals surface area contributed by atoms with Crippen molar-refractivity contribution in [2.24, 2.45) is 11.7 Å². The smallest absolute Gasteiger partial charge is 0.390 e. The summed E-state index contributed by atoms with van der Waals surface area (Å²) in [6.07, 6.45) is -1.41. The molecule has 1 saturated carbocycles. The van der Waals surface area contributed by atoms with E-state index in [2.05, 4.69) is 10.4 Å². The maximum Gasteiger partial charge on any atom is 0.421 e. The summed E-state index contributed by atoms with van der Waals surface area (Å²) in [6, 6.07) is 5.00. The van der Waals surface area contributed by atoms with Gasteiger partial charge in [0.25, 0.3) is 5.91 Å². The largest absolute Gasteiger partial charge is 0.421 e. The molecule has 0 radical (unpaired) electrons. The van der Waals surface area contributed by atoms with E-state index in [1.165, 1.54) is 12.1 Å². The average Bonchev–Trinajstić information content (AvgIpc) is 3.04. The molecule has 0 unspecified atom stereocenters. The molecule has 2 aromatic rings. The lowest BCUT2D eigenvalue weighted by Crippen LogP contribution is -2.39. The van der Waals surface area contributed by atoms with Crippen LogP contribution in [0.2, 0.25) is 0 Å². The molecular formula is C21H27F3N4O3. The summed E-state index contributed by atoms with van der Waals surface area (Å²) in [7, 11) is 0. The molecule has 0 saturated heterocycles. The number of nitrogens with two attached hydrogens (primary N) is 1. The fourth-order valence-electron chi connectivity index (χ4n) is 4.08. The van der Waals surface area contributed by atoms with Crippen LogP contribution in [0, 0.1) is 5.92 Å². The zero-order valence-corrected chi connectivity index (χ0v) is 17.6. The van der Waals surface area contributed by atoms with Gasteiger partial charge in [-0.25, -0.2) is 0 Å². The normalized spacial score (nSPS) is 26.3. The highest BCUT2D eigenvalue weighted by atomic mass is 19.4. The van der Waals surface area contributed by atoms with Crippen molar-refractivity contribution in [3.8, 4) is 0 Å². The van der Waals surface area contributed by atoms with Crippen LogP contribution >= 0.6 is 0 Å². The van der Waals surface area contributed by atoms with Crippen LogP contribution in [0.4, 0.5) is 24.7 Å². The Hall–Kier alpha value is -2.59. The van der Waals surface area contributed by atoms with Gasteiger partial charge in [-0.3, -0.25) is 9.48 Å². The van der Waals surface area contributed by atoms with Crippen LogP contribution < -0.4 is 11.1 Å². The number of nitrogens with zero attached hydrogens (tertiary/aromatic N) is 2. The highest BCUT2D eigenvalue weighted by molar-refractivity contribution is 5.98. The van der Waals surface area contributed by atoms with Gasteiger partial charge in [-0.05, 0) is 56.7 Å². The zero-order valence-electron chi connectivity index (χ0n) is 17.6. The van der Waals surface area contributed by atoms with Gasteiger partial charge in [0, 0.05) is 11.9 Å². The first-order valence-corrected chi connectivity index (χ1v) is 9.99. The molecule has 5 N–H and O–H groups in total. The Balaban J connectivity index is 1.84. The lowest BCUT2D eigenvalue weighted by molar-refractivity contribution is -0.258. The van der Waals surface area contributed by atoms with Gasteiger partial charge < -0.3 is 21.3 Å². The zero-order chi connectivity index (χ0) is 23.2. The van der Waals surface area contributed by atoms with E-state index in [1.54, 1.807) is 17.8 Å². The second-order valence-electron chi connectivity index (χ2n) is 8.79. The molecule has 31 heavy (non-hydrogen) atoms. The summed E-state index contributed by atoms with van der Waals surface area (Å²) in [4.78, 5) is 11.9. The first-order valence-electron chi connectivity index (χ1n) is 9.99. The number of benzene rings is 1. The Morgan fingerprint density at radius 3 is 2.45 bits per heavy atom. The van der Waals surface area contributed by atoms with Crippen LogP contribution in [0.15, 0.2) is 30.5 Å². The monoisotopic (exact) mass is 440 g/mol. The summed E-state index contributed by atoms with van der Waals surface area (Å²) in [5, 5.41) is 27.4. The van der Waals surface area contributed by atoms with E-state index in [1.807, 2.05) is 6.92 Å². The number of hydrogen-bond acceptors (Lipinski definition) is 5. The van der Waals surface area contributed by atoms with Crippen molar-refractivity contribution < 1.29 is 28.2 Å². The van der Waals surface area contributed by atoms with E-state index < -0.39 is 23.3 Å². The molecule has 0 spiro atoms. The van der Waals surface area contributed by atoms with E-state index >= 15 is 0 Å². The van der Waals surface area contributed by atoms with Crippen molar-refractivity contribution >= 4 is 17.4 Å². The van der Waals surface area contributed by atoms with Crippen LogP contribution in [0.5, 0.6) is 0 Å². The number of carbonyl (C=O) groups is 1. The van der Waals surface area contributed by atoms with Crippen LogP contribution in [-0.2, 0) is 5.60 Å². The van der Waals surface area contributed by atoms with Crippen molar-refractivity contribution in [3.63, 3.8) is 0 Å². The fourth-order valence-corrected chi connectivity index (χ4v) is 4.08. The van der Waals surface area contributed by atoms with Gasteiger partial charge in [0.1, 0.15) is 5.56 Å². The third kappa shape index (κ3) is 4.69. The first kappa shape index (κ1) is 23.1. The number of aliphatic hydroxyl groups is 2. The van der Waals surface area contributed by atoms with Gasteiger partial charge in [0.15, 0.2) is 11.4 Å². The lowest BCUT2D eigenvalue weighted by atomic mass is 9.77. The predicted octanol–water partition coefficient (Wildman–Crippen LogP) is 3.61. The minimum absolute atomic E-state index is 0.0295. The molecule has 10 heteroatoms.